The lowest BCUT2D eigenvalue weighted by molar-refractivity contribution is -0.140. The summed E-state index contributed by atoms with van der Waals surface area (Å²) in [7, 11) is 0. The average Bonchev–Trinajstić information content (AvgIpc) is 3.27. The number of halogens is 4. The van der Waals surface area contributed by atoms with Gasteiger partial charge in [0.05, 0.1) is 24.6 Å². The van der Waals surface area contributed by atoms with E-state index in [1.165, 1.54) is 12.1 Å². The molecule has 0 spiro atoms. The number of ether oxygens (including phenoxy) is 2. The van der Waals surface area contributed by atoms with E-state index in [0.29, 0.717) is 29.7 Å². The summed E-state index contributed by atoms with van der Waals surface area (Å²) in [5.41, 5.74) is 0.229. The number of nitrogens with zero attached hydrogens (tertiary/aromatic N) is 1. The van der Waals surface area contributed by atoms with E-state index in [9.17, 15) is 18.0 Å². The number of nitrogens with one attached hydrogen (secondary N) is 2. The Morgan fingerprint density at radius 2 is 2.00 bits per heavy atom. The van der Waals surface area contributed by atoms with Gasteiger partial charge in [-0.25, -0.2) is 4.98 Å². The van der Waals surface area contributed by atoms with Crippen molar-refractivity contribution in [3.05, 3.63) is 64.4 Å². The minimum atomic E-state index is -4.55. The van der Waals surface area contributed by atoms with Crippen LogP contribution < -0.4 is 10.1 Å². The smallest absolute Gasteiger partial charge is 0.432 e. The van der Waals surface area contributed by atoms with Gasteiger partial charge in [0.25, 0.3) is 0 Å². The number of carbonyl (C=O) groups is 1. The number of benzene rings is 2. The van der Waals surface area contributed by atoms with Gasteiger partial charge in [0.1, 0.15) is 23.9 Å². The number of alkyl halides is 3. The SMILES string of the molecule is CC(C)OCCOc1ccc(-c2ncc(C(F)(F)F)[nH]2)cc1NC(=O)C#Cc1cccc(Br)c1. The van der Waals surface area contributed by atoms with Crippen LogP contribution in [-0.4, -0.2) is 35.2 Å². The van der Waals surface area contributed by atoms with Crippen molar-refractivity contribution in [2.75, 3.05) is 18.5 Å². The Balaban J connectivity index is 1.84. The molecule has 6 nitrogen and oxygen atoms in total. The van der Waals surface area contributed by atoms with E-state index in [0.717, 1.165) is 4.47 Å². The van der Waals surface area contributed by atoms with Gasteiger partial charge in [0.15, 0.2) is 0 Å². The van der Waals surface area contributed by atoms with Gasteiger partial charge >= 0.3 is 12.1 Å². The molecule has 0 saturated carbocycles. The Morgan fingerprint density at radius 1 is 1.21 bits per heavy atom. The summed E-state index contributed by atoms with van der Waals surface area (Å²) in [6, 6.07) is 11.7. The van der Waals surface area contributed by atoms with Gasteiger partial charge < -0.3 is 19.8 Å². The number of hydrogen-bond acceptors (Lipinski definition) is 4. The molecular weight excluding hydrogens is 515 g/mol. The Labute approximate surface area is 203 Å². The first-order chi connectivity index (χ1) is 16.1. The first-order valence-corrected chi connectivity index (χ1v) is 11.0. The van der Waals surface area contributed by atoms with Crippen LogP contribution in [0.5, 0.6) is 5.75 Å². The predicted molar refractivity (Wildman–Crippen MR) is 125 cm³/mol. The molecule has 1 amide bonds. The molecule has 1 aromatic heterocycles. The summed E-state index contributed by atoms with van der Waals surface area (Å²) in [6.45, 7) is 4.32. The van der Waals surface area contributed by atoms with E-state index in [-0.39, 0.29) is 24.2 Å². The van der Waals surface area contributed by atoms with Crippen molar-refractivity contribution in [1.82, 2.24) is 9.97 Å². The number of rotatable bonds is 7. The van der Waals surface area contributed by atoms with Crippen LogP contribution in [0.1, 0.15) is 25.1 Å². The fourth-order valence-electron chi connectivity index (χ4n) is 2.80. The maximum absolute atomic E-state index is 12.9. The van der Waals surface area contributed by atoms with Crippen LogP contribution in [0.2, 0.25) is 0 Å². The number of imidazole rings is 1. The molecule has 0 saturated heterocycles. The number of H-pyrrole nitrogens is 1. The third kappa shape index (κ3) is 7.37. The van der Waals surface area contributed by atoms with Crippen molar-refractivity contribution in [2.45, 2.75) is 26.1 Å². The van der Waals surface area contributed by atoms with Crippen molar-refractivity contribution in [2.24, 2.45) is 0 Å². The number of anilines is 1. The van der Waals surface area contributed by atoms with E-state index in [1.54, 1.807) is 24.3 Å². The first kappa shape index (κ1) is 25.3. The van der Waals surface area contributed by atoms with Crippen LogP contribution in [0.3, 0.4) is 0 Å². The molecule has 0 bridgehead atoms. The number of aromatic nitrogens is 2. The standard InChI is InChI=1S/C24H21BrF3N3O3/c1-15(2)33-10-11-34-20-8-7-17(23-29-14-21(31-23)24(26,27)28)13-19(20)30-22(32)9-6-16-4-3-5-18(25)12-16/h3-5,7-8,12-15H,10-11H2,1-2H3,(H,29,31)(H,30,32). The van der Waals surface area contributed by atoms with Crippen molar-refractivity contribution in [3.63, 3.8) is 0 Å². The molecular formula is C24H21BrF3N3O3. The lowest BCUT2D eigenvalue weighted by atomic mass is 10.1. The van der Waals surface area contributed by atoms with Crippen molar-refractivity contribution in [1.29, 1.82) is 0 Å². The van der Waals surface area contributed by atoms with E-state index in [2.05, 4.69) is 43.1 Å². The van der Waals surface area contributed by atoms with E-state index >= 15 is 0 Å². The van der Waals surface area contributed by atoms with Gasteiger partial charge in [0, 0.05) is 21.5 Å². The molecule has 2 N–H and O–H groups in total. The molecule has 10 heteroatoms. The highest BCUT2D eigenvalue weighted by Crippen LogP contribution is 2.32. The van der Waals surface area contributed by atoms with Gasteiger partial charge in [-0.05, 0) is 50.2 Å². The molecule has 34 heavy (non-hydrogen) atoms. The molecule has 0 aliphatic rings. The molecule has 0 fully saturated rings. The molecule has 0 aliphatic heterocycles. The fraction of sp³-hybridized carbons (Fsp3) is 0.250. The molecule has 2 aromatic carbocycles. The lowest BCUT2D eigenvalue weighted by Crippen LogP contribution is -2.14. The molecule has 0 atom stereocenters. The highest BCUT2D eigenvalue weighted by Gasteiger charge is 2.33. The Kier molecular flexibility index (Phi) is 8.36. The molecule has 178 valence electrons. The number of aromatic amines is 1. The van der Waals surface area contributed by atoms with Crippen LogP contribution in [0, 0.1) is 11.8 Å². The quantitative estimate of drug-likeness (QED) is 0.302. The second-order valence-electron chi connectivity index (χ2n) is 7.34. The van der Waals surface area contributed by atoms with Crippen LogP contribution in [-0.2, 0) is 15.7 Å². The Hall–Kier alpha value is -3.29. The summed E-state index contributed by atoms with van der Waals surface area (Å²) in [5, 5.41) is 2.64. The maximum Gasteiger partial charge on any atom is 0.432 e. The average molecular weight is 536 g/mol. The molecule has 3 aromatic rings. The topological polar surface area (TPSA) is 76.2 Å². The summed E-state index contributed by atoms with van der Waals surface area (Å²) >= 11 is 3.34. The maximum atomic E-state index is 12.9. The summed E-state index contributed by atoms with van der Waals surface area (Å²) in [6.07, 6.45) is -3.81. The van der Waals surface area contributed by atoms with Crippen molar-refractivity contribution >= 4 is 27.5 Å². The van der Waals surface area contributed by atoms with Gasteiger partial charge in [-0.3, -0.25) is 4.79 Å². The molecule has 0 radical (unpaired) electrons. The van der Waals surface area contributed by atoms with Gasteiger partial charge in [-0.1, -0.05) is 27.9 Å². The molecule has 1 heterocycles. The van der Waals surface area contributed by atoms with Crippen molar-refractivity contribution < 1.29 is 27.4 Å². The lowest BCUT2D eigenvalue weighted by Gasteiger charge is -2.14. The summed E-state index contributed by atoms with van der Waals surface area (Å²) in [5.74, 6) is 4.95. The second-order valence-corrected chi connectivity index (χ2v) is 8.25. The molecule has 3 rings (SSSR count). The zero-order chi connectivity index (χ0) is 24.7. The zero-order valence-corrected chi connectivity index (χ0v) is 19.9. The van der Waals surface area contributed by atoms with Crippen LogP contribution >= 0.6 is 15.9 Å². The van der Waals surface area contributed by atoms with Crippen molar-refractivity contribution in [3.8, 4) is 29.0 Å². The fourth-order valence-corrected chi connectivity index (χ4v) is 3.20. The normalized spacial score (nSPS) is 11.1. The van der Waals surface area contributed by atoms with Crippen LogP contribution in [0.25, 0.3) is 11.4 Å². The third-order valence-electron chi connectivity index (χ3n) is 4.32. The number of carbonyl (C=O) groups excluding carboxylic acids is 1. The second kappa shape index (κ2) is 11.2. The minimum absolute atomic E-state index is 0.00210. The largest absolute Gasteiger partial charge is 0.489 e. The van der Waals surface area contributed by atoms with E-state index in [4.69, 9.17) is 9.47 Å². The highest BCUT2D eigenvalue weighted by molar-refractivity contribution is 9.10. The number of amides is 1. The first-order valence-electron chi connectivity index (χ1n) is 10.2. The third-order valence-corrected chi connectivity index (χ3v) is 4.81. The molecule has 0 unspecified atom stereocenters. The van der Waals surface area contributed by atoms with Crippen LogP contribution in [0.15, 0.2) is 53.1 Å². The van der Waals surface area contributed by atoms with Gasteiger partial charge in [0.2, 0.25) is 0 Å². The van der Waals surface area contributed by atoms with E-state index < -0.39 is 17.8 Å². The Bertz CT molecular complexity index is 1210. The molecule has 0 aliphatic carbocycles. The summed E-state index contributed by atoms with van der Waals surface area (Å²) in [4.78, 5) is 18.5. The highest BCUT2D eigenvalue weighted by atomic mass is 79.9. The van der Waals surface area contributed by atoms with Crippen LogP contribution in [0.4, 0.5) is 18.9 Å². The monoisotopic (exact) mass is 535 g/mol. The Morgan fingerprint density at radius 3 is 2.68 bits per heavy atom. The van der Waals surface area contributed by atoms with Gasteiger partial charge in [-0.2, -0.15) is 13.2 Å². The predicted octanol–water partition coefficient (Wildman–Crippen LogP) is 5.65. The zero-order valence-electron chi connectivity index (χ0n) is 18.3. The van der Waals surface area contributed by atoms with Gasteiger partial charge in [-0.15, -0.1) is 0 Å². The number of hydrogen-bond donors (Lipinski definition) is 2. The minimum Gasteiger partial charge on any atom is -0.489 e. The van der Waals surface area contributed by atoms with E-state index in [1.807, 2.05) is 19.9 Å². The summed E-state index contributed by atoms with van der Waals surface area (Å²) < 4.78 is 50.8.